The minimum absolute atomic E-state index is 0.00456. The van der Waals surface area contributed by atoms with Crippen molar-refractivity contribution in [3.8, 4) is 0 Å². The summed E-state index contributed by atoms with van der Waals surface area (Å²) >= 11 is 3.23. The Morgan fingerprint density at radius 2 is 1.83 bits per heavy atom. The van der Waals surface area contributed by atoms with Crippen LogP contribution >= 0.6 is 15.9 Å². The number of aliphatic hydroxyl groups is 2. The first-order valence-electron chi connectivity index (χ1n) is 13.4. The van der Waals surface area contributed by atoms with Crippen LogP contribution in [-0.4, -0.2) is 77.3 Å². The molecule has 0 aliphatic carbocycles. The predicted molar refractivity (Wildman–Crippen MR) is 151 cm³/mol. The highest BCUT2D eigenvalue weighted by atomic mass is 79.9. The lowest BCUT2D eigenvalue weighted by Gasteiger charge is -2.37. The number of amides is 2. The van der Waals surface area contributed by atoms with E-state index < -0.39 is 47.7 Å². The highest BCUT2D eigenvalue weighted by Crippen LogP contribution is 2.37. The van der Waals surface area contributed by atoms with Crippen molar-refractivity contribution >= 4 is 33.7 Å². The summed E-state index contributed by atoms with van der Waals surface area (Å²) in [6.07, 6.45) is -1.02. The van der Waals surface area contributed by atoms with E-state index in [1.54, 1.807) is 24.3 Å². The normalized spacial score (nSPS) is 24.1. The molecule has 41 heavy (non-hydrogen) atoms. The Kier molecular flexibility index (Phi) is 10.8. The molecule has 0 saturated carbocycles. The fourth-order valence-corrected chi connectivity index (χ4v) is 5.19. The van der Waals surface area contributed by atoms with Gasteiger partial charge >= 0.3 is 6.09 Å². The molecule has 2 aliphatic rings. The lowest BCUT2D eigenvalue weighted by molar-refractivity contribution is -0.218. The standard InChI is InChI=1S/C30H34BrNO9/c1-20(28(35)32-24(19-40-29(32)36)22-11-6-3-7-12-22)27-25(34)15-26(31)30(37,41-27)13-8-14-38-18-23(16-33)39-17-21-9-4-2-5-10-21/h2-7,9-12,15,20,23-24,27,33,37H,8,13-14,16-19H2,1H3. The zero-order valence-corrected chi connectivity index (χ0v) is 24.3. The number of carbonyl (C=O) groups excluding carboxylic acids is 3. The van der Waals surface area contributed by atoms with Gasteiger partial charge in [0.15, 0.2) is 11.6 Å². The van der Waals surface area contributed by atoms with Gasteiger partial charge in [-0.05, 0) is 39.6 Å². The molecule has 2 amide bonds. The van der Waals surface area contributed by atoms with Crippen molar-refractivity contribution in [2.24, 2.45) is 5.92 Å². The molecular formula is C30H34BrNO9. The first-order valence-corrected chi connectivity index (χ1v) is 14.2. The average molecular weight is 633 g/mol. The predicted octanol–water partition coefficient (Wildman–Crippen LogP) is 3.65. The monoisotopic (exact) mass is 631 g/mol. The van der Waals surface area contributed by atoms with Crippen molar-refractivity contribution in [2.75, 3.05) is 26.4 Å². The van der Waals surface area contributed by atoms with Crippen LogP contribution in [0.25, 0.3) is 0 Å². The summed E-state index contributed by atoms with van der Waals surface area (Å²) in [6.45, 7) is 2.00. The van der Waals surface area contributed by atoms with Gasteiger partial charge in [0.1, 0.15) is 24.9 Å². The van der Waals surface area contributed by atoms with Crippen molar-refractivity contribution in [3.05, 3.63) is 82.3 Å². The van der Waals surface area contributed by atoms with Gasteiger partial charge in [-0.1, -0.05) is 67.6 Å². The van der Waals surface area contributed by atoms with E-state index in [0.717, 1.165) is 16.0 Å². The van der Waals surface area contributed by atoms with Crippen molar-refractivity contribution in [1.82, 2.24) is 4.90 Å². The van der Waals surface area contributed by atoms with Gasteiger partial charge in [0.05, 0.1) is 30.2 Å². The quantitative estimate of drug-likeness (QED) is 0.318. The van der Waals surface area contributed by atoms with Crippen molar-refractivity contribution in [2.45, 2.75) is 50.4 Å². The van der Waals surface area contributed by atoms with Crippen LogP contribution in [0.5, 0.6) is 0 Å². The summed E-state index contributed by atoms with van der Waals surface area (Å²) in [4.78, 5) is 39.8. The number of imide groups is 1. The maximum atomic E-state index is 13.4. The lowest BCUT2D eigenvalue weighted by Crippen LogP contribution is -2.51. The number of rotatable bonds is 13. The van der Waals surface area contributed by atoms with Crippen LogP contribution in [0, 0.1) is 5.92 Å². The smallest absolute Gasteiger partial charge is 0.417 e. The molecule has 2 aromatic carbocycles. The number of nitrogens with zero attached hydrogens (tertiary/aromatic N) is 1. The number of cyclic esters (lactones) is 1. The third kappa shape index (κ3) is 7.68. The Balaban J connectivity index is 1.31. The molecule has 5 unspecified atom stereocenters. The van der Waals surface area contributed by atoms with Crippen LogP contribution in [-0.2, 0) is 35.1 Å². The van der Waals surface area contributed by atoms with Crippen LogP contribution < -0.4 is 0 Å². The van der Waals surface area contributed by atoms with Gasteiger partial charge in [-0.2, -0.15) is 0 Å². The van der Waals surface area contributed by atoms with E-state index in [9.17, 15) is 24.6 Å². The largest absolute Gasteiger partial charge is 0.446 e. The van der Waals surface area contributed by atoms with Crippen molar-refractivity contribution < 1.29 is 43.5 Å². The molecule has 2 heterocycles. The number of halogens is 1. The van der Waals surface area contributed by atoms with Gasteiger partial charge in [-0.15, -0.1) is 0 Å². The number of benzene rings is 2. The van der Waals surface area contributed by atoms with E-state index in [-0.39, 0.29) is 37.3 Å². The maximum Gasteiger partial charge on any atom is 0.417 e. The Morgan fingerprint density at radius 1 is 1.15 bits per heavy atom. The minimum atomic E-state index is -1.87. The molecule has 2 N–H and O–H groups in total. The molecule has 2 aromatic rings. The molecule has 2 aliphatic heterocycles. The first kappa shape index (κ1) is 31.0. The second-order valence-electron chi connectivity index (χ2n) is 10.00. The summed E-state index contributed by atoms with van der Waals surface area (Å²) < 4.78 is 22.5. The number of carbonyl (C=O) groups is 3. The second-order valence-corrected chi connectivity index (χ2v) is 10.9. The number of hydrogen-bond acceptors (Lipinski definition) is 9. The Hall–Kier alpha value is -2.93. The number of ketones is 1. The summed E-state index contributed by atoms with van der Waals surface area (Å²) in [5, 5.41) is 20.8. The number of aliphatic hydroxyl groups excluding tert-OH is 1. The van der Waals surface area contributed by atoms with Gasteiger partial charge < -0.3 is 29.2 Å². The minimum Gasteiger partial charge on any atom is -0.446 e. The zero-order valence-electron chi connectivity index (χ0n) is 22.7. The van der Waals surface area contributed by atoms with E-state index in [1.165, 1.54) is 13.0 Å². The fourth-order valence-electron chi connectivity index (χ4n) is 4.68. The molecule has 1 saturated heterocycles. The van der Waals surface area contributed by atoms with Crippen molar-refractivity contribution in [3.63, 3.8) is 0 Å². The summed E-state index contributed by atoms with van der Waals surface area (Å²) in [7, 11) is 0. The summed E-state index contributed by atoms with van der Waals surface area (Å²) in [5.74, 6) is -4.10. The van der Waals surface area contributed by atoms with E-state index in [4.69, 9.17) is 18.9 Å². The number of ether oxygens (including phenoxy) is 4. The molecule has 0 spiro atoms. The SMILES string of the molecule is CC(C(=O)N1C(=O)OCC1c1ccccc1)C1OC(O)(CCCOCC(CO)OCc2ccccc2)C(Br)=CC1=O. The first-order chi connectivity index (χ1) is 19.7. The lowest BCUT2D eigenvalue weighted by atomic mass is 9.93. The van der Waals surface area contributed by atoms with Crippen LogP contribution in [0.3, 0.4) is 0 Å². The summed E-state index contributed by atoms with van der Waals surface area (Å²) in [5.41, 5.74) is 1.70. The van der Waals surface area contributed by atoms with Crippen LogP contribution in [0.1, 0.15) is 36.9 Å². The molecule has 220 valence electrons. The molecule has 0 radical (unpaired) electrons. The molecule has 5 atom stereocenters. The Labute approximate surface area is 247 Å². The van der Waals surface area contributed by atoms with E-state index >= 15 is 0 Å². The molecular weight excluding hydrogens is 598 g/mol. The fraction of sp³-hybridized carbons (Fsp3) is 0.433. The van der Waals surface area contributed by atoms with Gasteiger partial charge in [-0.3, -0.25) is 9.59 Å². The van der Waals surface area contributed by atoms with Crippen molar-refractivity contribution in [1.29, 1.82) is 0 Å². The van der Waals surface area contributed by atoms with Gasteiger partial charge in [0.25, 0.3) is 0 Å². The van der Waals surface area contributed by atoms with Crippen LogP contribution in [0.4, 0.5) is 4.79 Å². The highest BCUT2D eigenvalue weighted by molar-refractivity contribution is 9.11. The van der Waals surface area contributed by atoms with Crippen LogP contribution in [0.2, 0.25) is 0 Å². The molecule has 4 rings (SSSR count). The maximum absolute atomic E-state index is 13.4. The molecule has 0 aromatic heterocycles. The third-order valence-corrected chi connectivity index (χ3v) is 7.87. The van der Waals surface area contributed by atoms with Crippen LogP contribution in [0.15, 0.2) is 71.2 Å². The van der Waals surface area contributed by atoms with Gasteiger partial charge in [0, 0.05) is 13.0 Å². The zero-order chi connectivity index (χ0) is 29.4. The highest BCUT2D eigenvalue weighted by Gasteiger charge is 2.48. The third-order valence-electron chi connectivity index (χ3n) is 7.02. The van der Waals surface area contributed by atoms with Gasteiger partial charge in [-0.25, -0.2) is 9.69 Å². The topological polar surface area (TPSA) is 132 Å². The molecule has 1 fully saturated rings. The Morgan fingerprint density at radius 3 is 2.51 bits per heavy atom. The Bertz CT molecular complexity index is 1220. The average Bonchev–Trinajstić information content (AvgIpc) is 3.38. The molecule has 0 bridgehead atoms. The molecule has 10 nitrogen and oxygen atoms in total. The van der Waals surface area contributed by atoms with E-state index in [2.05, 4.69) is 15.9 Å². The van der Waals surface area contributed by atoms with E-state index in [1.807, 2.05) is 36.4 Å². The number of hydrogen-bond donors (Lipinski definition) is 2. The molecule has 11 heteroatoms. The van der Waals surface area contributed by atoms with E-state index in [0.29, 0.717) is 13.0 Å². The second kappa shape index (κ2) is 14.3. The summed E-state index contributed by atoms with van der Waals surface area (Å²) in [6, 6.07) is 18.0. The van der Waals surface area contributed by atoms with Gasteiger partial charge in [0.2, 0.25) is 5.91 Å².